The van der Waals surface area contributed by atoms with Gasteiger partial charge in [0.05, 0.1) is 6.61 Å². The summed E-state index contributed by atoms with van der Waals surface area (Å²) >= 11 is 0. The molecule has 0 aliphatic heterocycles. The lowest BCUT2D eigenvalue weighted by molar-refractivity contribution is -0.145. The molecule has 102 valence electrons. The topological polar surface area (TPSA) is 75.6 Å². The number of aliphatic carboxylic acids is 1. The lowest BCUT2D eigenvalue weighted by Gasteiger charge is -2.34. The second kappa shape index (κ2) is 5.30. The summed E-state index contributed by atoms with van der Waals surface area (Å²) in [6.07, 6.45) is 0.619. The molecule has 5 nitrogen and oxygen atoms in total. The van der Waals surface area contributed by atoms with Crippen molar-refractivity contribution >= 4 is 12.1 Å². The molecule has 0 fully saturated rings. The van der Waals surface area contributed by atoms with Crippen LogP contribution >= 0.6 is 0 Å². The largest absolute Gasteiger partial charge is 0.479 e. The van der Waals surface area contributed by atoms with E-state index in [0.29, 0.717) is 12.8 Å². The summed E-state index contributed by atoms with van der Waals surface area (Å²) in [4.78, 5) is 23.1. The first-order valence-corrected chi connectivity index (χ1v) is 6.32. The Kier molecular flexibility index (Phi) is 3.74. The summed E-state index contributed by atoms with van der Waals surface area (Å²) in [6, 6.07) is 7.71. The molecular formula is C14H17NO4. The molecule has 1 aromatic rings. The predicted octanol–water partition coefficient (Wildman–Crippen LogP) is 1.74. The van der Waals surface area contributed by atoms with Crippen LogP contribution in [0.4, 0.5) is 4.79 Å². The van der Waals surface area contributed by atoms with Crippen LogP contribution in [0.5, 0.6) is 0 Å². The average Bonchev–Trinajstić information content (AvgIpc) is 2.38. The molecule has 1 aliphatic carbocycles. The van der Waals surface area contributed by atoms with Gasteiger partial charge in [-0.25, -0.2) is 9.59 Å². The molecule has 2 N–H and O–H groups in total. The minimum atomic E-state index is -1.26. The fourth-order valence-electron chi connectivity index (χ4n) is 2.44. The molecule has 1 aromatic carbocycles. The number of nitrogens with one attached hydrogen (secondary N) is 1. The molecule has 1 aliphatic rings. The second-order valence-corrected chi connectivity index (χ2v) is 4.68. The van der Waals surface area contributed by atoms with Gasteiger partial charge >= 0.3 is 12.1 Å². The van der Waals surface area contributed by atoms with Gasteiger partial charge in [0.2, 0.25) is 0 Å². The lowest BCUT2D eigenvalue weighted by Crippen LogP contribution is -2.57. The molecule has 1 atom stereocenters. The molecule has 0 radical (unpaired) electrons. The molecule has 0 heterocycles. The van der Waals surface area contributed by atoms with Crippen molar-refractivity contribution in [2.75, 3.05) is 6.61 Å². The normalized spacial score (nSPS) is 21.3. The number of hydrogen-bond acceptors (Lipinski definition) is 3. The van der Waals surface area contributed by atoms with Crippen LogP contribution in [0.3, 0.4) is 0 Å². The third-order valence-corrected chi connectivity index (χ3v) is 3.46. The van der Waals surface area contributed by atoms with Gasteiger partial charge in [-0.3, -0.25) is 0 Å². The zero-order chi connectivity index (χ0) is 13.9. The van der Waals surface area contributed by atoms with E-state index in [1.807, 2.05) is 24.3 Å². The molecule has 2 rings (SSSR count). The van der Waals surface area contributed by atoms with Crippen LogP contribution in [0.15, 0.2) is 24.3 Å². The number of benzene rings is 1. The van der Waals surface area contributed by atoms with Gasteiger partial charge in [0, 0.05) is 6.42 Å². The molecular weight excluding hydrogens is 246 g/mol. The maximum atomic E-state index is 11.6. The number of carbonyl (C=O) groups is 2. The Balaban J connectivity index is 2.23. The van der Waals surface area contributed by atoms with E-state index in [4.69, 9.17) is 4.74 Å². The van der Waals surface area contributed by atoms with Gasteiger partial charge in [0.25, 0.3) is 0 Å². The first kappa shape index (κ1) is 13.4. The Morgan fingerprint density at radius 3 is 2.68 bits per heavy atom. The Morgan fingerprint density at radius 1 is 1.37 bits per heavy atom. The van der Waals surface area contributed by atoms with Gasteiger partial charge in [-0.15, -0.1) is 0 Å². The van der Waals surface area contributed by atoms with Crippen molar-refractivity contribution < 1.29 is 19.4 Å². The van der Waals surface area contributed by atoms with Gasteiger partial charge in [0.1, 0.15) is 5.54 Å². The van der Waals surface area contributed by atoms with E-state index in [1.54, 1.807) is 6.92 Å². The fraction of sp³-hybridized carbons (Fsp3) is 0.429. The number of carbonyl (C=O) groups excluding carboxylic acids is 1. The molecule has 0 aromatic heterocycles. The zero-order valence-electron chi connectivity index (χ0n) is 10.8. The predicted molar refractivity (Wildman–Crippen MR) is 69.0 cm³/mol. The third-order valence-electron chi connectivity index (χ3n) is 3.46. The number of alkyl carbamates (subject to hydrolysis) is 1. The van der Waals surface area contributed by atoms with Crippen molar-refractivity contribution in [1.82, 2.24) is 5.32 Å². The van der Waals surface area contributed by atoms with E-state index in [0.717, 1.165) is 11.1 Å². The number of aryl methyl sites for hydroxylation is 1. The number of hydrogen-bond donors (Lipinski definition) is 2. The molecule has 5 heteroatoms. The number of carboxylic acid groups (broad SMARTS) is 1. The SMILES string of the molecule is CCOC(=O)NC1(C(=O)O)CCc2ccccc2C1. The Labute approximate surface area is 111 Å². The smallest absolute Gasteiger partial charge is 0.408 e. The Bertz CT molecular complexity index is 500. The van der Waals surface area contributed by atoms with Gasteiger partial charge in [0.15, 0.2) is 0 Å². The molecule has 19 heavy (non-hydrogen) atoms. The molecule has 0 saturated carbocycles. The van der Waals surface area contributed by atoms with Crippen LogP contribution < -0.4 is 5.32 Å². The number of carboxylic acids is 1. The van der Waals surface area contributed by atoms with Gasteiger partial charge in [-0.2, -0.15) is 0 Å². The molecule has 0 bridgehead atoms. The number of ether oxygens (including phenoxy) is 1. The number of amides is 1. The van der Waals surface area contributed by atoms with E-state index in [1.165, 1.54) is 0 Å². The first-order valence-electron chi connectivity index (χ1n) is 6.32. The highest BCUT2D eigenvalue weighted by molar-refractivity contribution is 5.85. The third kappa shape index (κ3) is 2.70. The maximum absolute atomic E-state index is 11.6. The van der Waals surface area contributed by atoms with E-state index >= 15 is 0 Å². The van der Waals surface area contributed by atoms with Gasteiger partial charge in [-0.05, 0) is 30.9 Å². The quantitative estimate of drug-likeness (QED) is 0.871. The summed E-state index contributed by atoms with van der Waals surface area (Å²) in [6.45, 7) is 1.90. The van der Waals surface area contributed by atoms with Crippen molar-refractivity contribution in [2.24, 2.45) is 0 Å². The van der Waals surface area contributed by atoms with Crippen molar-refractivity contribution in [3.8, 4) is 0 Å². The van der Waals surface area contributed by atoms with Crippen LogP contribution in [0.2, 0.25) is 0 Å². The van der Waals surface area contributed by atoms with Crippen molar-refractivity contribution in [3.63, 3.8) is 0 Å². The number of rotatable bonds is 3. The summed E-state index contributed by atoms with van der Waals surface area (Å²) in [7, 11) is 0. The second-order valence-electron chi connectivity index (χ2n) is 4.68. The van der Waals surface area contributed by atoms with E-state index in [2.05, 4.69) is 5.32 Å². The van der Waals surface area contributed by atoms with Gasteiger partial charge < -0.3 is 15.2 Å². The minimum absolute atomic E-state index is 0.220. The standard InChI is InChI=1S/C14H17NO4/c1-2-19-13(18)15-14(12(16)17)8-7-10-5-3-4-6-11(10)9-14/h3-6H,2,7-9H2,1H3,(H,15,18)(H,16,17). The van der Waals surface area contributed by atoms with Crippen LogP contribution in [0.1, 0.15) is 24.5 Å². The first-order chi connectivity index (χ1) is 9.07. The van der Waals surface area contributed by atoms with Crippen LogP contribution in [-0.2, 0) is 22.4 Å². The van der Waals surface area contributed by atoms with E-state index in [9.17, 15) is 14.7 Å². The van der Waals surface area contributed by atoms with Crippen LogP contribution in [0, 0.1) is 0 Å². The summed E-state index contributed by atoms with van der Waals surface area (Å²) in [5.41, 5.74) is 0.846. The molecule has 0 saturated heterocycles. The van der Waals surface area contributed by atoms with Crippen LogP contribution in [0.25, 0.3) is 0 Å². The average molecular weight is 263 g/mol. The van der Waals surface area contributed by atoms with Gasteiger partial charge in [-0.1, -0.05) is 24.3 Å². The monoisotopic (exact) mass is 263 g/mol. The van der Waals surface area contributed by atoms with E-state index in [-0.39, 0.29) is 13.0 Å². The number of fused-ring (bicyclic) bond motifs is 1. The lowest BCUT2D eigenvalue weighted by atomic mass is 9.78. The molecule has 0 spiro atoms. The Hall–Kier alpha value is -2.04. The highest BCUT2D eigenvalue weighted by Gasteiger charge is 2.43. The molecule has 1 amide bonds. The zero-order valence-corrected chi connectivity index (χ0v) is 10.8. The highest BCUT2D eigenvalue weighted by Crippen LogP contribution is 2.29. The van der Waals surface area contributed by atoms with Crippen molar-refractivity contribution in [1.29, 1.82) is 0 Å². The van der Waals surface area contributed by atoms with Crippen molar-refractivity contribution in [3.05, 3.63) is 35.4 Å². The summed E-state index contributed by atoms with van der Waals surface area (Å²) in [5, 5.41) is 12.0. The minimum Gasteiger partial charge on any atom is -0.479 e. The summed E-state index contributed by atoms with van der Waals surface area (Å²) in [5.74, 6) is -1.02. The maximum Gasteiger partial charge on any atom is 0.408 e. The molecule has 1 unspecified atom stereocenters. The fourth-order valence-corrected chi connectivity index (χ4v) is 2.44. The van der Waals surface area contributed by atoms with Crippen molar-refractivity contribution in [2.45, 2.75) is 31.7 Å². The highest BCUT2D eigenvalue weighted by atomic mass is 16.5. The van der Waals surface area contributed by atoms with E-state index < -0.39 is 17.6 Å². The van der Waals surface area contributed by atoms with Crippen LogP contribution in [-0.4, -0.2) is 29.3 Å². The summed E-state index contributed by atoms with van der Waals surface area (Å²) < 4.78 is 4.79. The Morgan fingerprint density at radius 2 is 2.05 bits per heavy atom.